The quantitative estimate of drug-likeness (QED) is 0.550. The van der Waals surface area contributed by atoms with Crippen LogP contribution in [0.25, 0.3) is 0 Å². The Balaban J connectivity index is 1.84. The molecule has 1 fully saturated rings. The lowest BCUT2D eigenvalue weighted by atomic mass is 9.96. The lowest BCUT2D eigenvalue weighted by Gasteiger charge is -2.08. The largest absolute Gasteiger partial charge is 0.469 e. The highest BCUT2D eigenvalue weighted by Crippen LogP contribution is 2.45. The molecule has 76 valence electrons. The first-order chi connectivity index (χ1) is 6.89. The molecular weight excluding hydrogens is 176 g/mol. The number of fused-ring (bicyclic) bond motifs is 1. The third-order valence-electron chi connectivity index (χ3n) is 3.37. The fraction of sp³-hybridized carbons (Fsp3) is 0.667. The van der Waals surface area contributed by atoms with E-state index in [-0.39, 0.29) is 11.9 Å². The van der Waals surface area contributed by atoms with Gasteiger partial charge >= 0.3 is 0 Å². The van der Waals surface area contributed by atoms with Gasteiger partial charge < -0.3 is 9.47 Å². The van der Waals surface area contributed by atoms with E-state index < -0.39 is 0 Å². The lowest BCUT2D eigenvalue weighted by Crippen LogP contribution is -2.11. The molecule has 0 aromatic carbocycles. The second-order valence-electron chi connectivity index (χ2n) is 4.48. The van der Waals surface area contributed by atoms with Gasteiger partial charge in [-0.2, -0.15) is 0 Å². The number of epoxide rings is 1. The monoisotopic (exact) mass is 192 g/mol. The summed E-state index contributed by atoms with van der Waals surface area (Å²) in [5.74, 6) is 0. The van der Waals surface area contributed by atoms with Gasteiger partial charge in [0.1, 0.15) is 0 Å². The van der Waals surface area contributed by atoms with E-state index in [2.05, 4.69) is 12.2 Å². The van der Waals surface area contributed by atoms with Crippen molar-refractivity contribution in [1.82, 2.24) is 0 Å². The van der Waals surface area contributed by atoms with Gasteiger partial charge in [-0.25, -0.2) is 0 Å². The van der Waals surface area contributed by atoms with Gasteiger partial charge in [-0.15, -0.1) is 0 Å². The normalized spacial score (nSPS) is 40.6. The summed E-state index contributed by atoms with van der Waals surface area (Å²) in [4.78, 5) is 0. The van der Waals surface area contributed by atoms with Crippen molar-refractivity contribution >= 4 is 0 Å². The van der Waals surface area contributed by atoms with E-state index >= 15 is 0 Å². The highest BCUT2D eigenvalue weighted by molar-refractivity contribution is 5.27. The fourth-order valence-electron chi connectivity index (χ4n) is 2.35. The van der Waals surface area contributed by atoms with Crippen molar-refractivity contribution < 1.29 is 9.47 Å². The van der Waals surface area contributed by atoms with Gasteiger partial charge in [0.15, 0.2) is 5.60 Å². The maximum absolute atomic E-state index is 5.61. The van der Waals surface area contributed by atoms with Crippen LogP contribution in [0.2, 0.25) is 0 Å². The first kappa shape index (κ1) is 8.54. The van der Waals surface area contributed by atoms with Gasteiger partial charge in [0.25, 0.3) is 0 Å². The molecule has 2 atom stereocenters. The molecule has 2 heteroatoms. The van der Waals surface area contributed by atoms with Crippen LogP contribution in [0.5, 0.6) is 0 Å². The van der Waals surface area contributed by atoms with Crippen LogP contribution in [-0.4, -0.2) is 11.9 Å². The minimum Gasteiger partial charge on any atom is -0.469 e. The second-order valence-corrected chi connectivity index (χ2v) is 4.48. The van der Waals surface area contributed by atoms with Gasteiger partial charge in [-0.3, -0.25) is 0 Å². The zero-order chi connectivity index (χ0) is 9.43. The number of allylic oxidation sites excluding steroid dienone is 2. The van der Waals surface area contributed by atoms with E-state index in [1.807, 2.05) is 6.26 Å². The van der Waals surface area contributed by atoms with Crippen LogP contribution in [0.3, 0.4) is 0 Å². The average molecular weight is 192 g/mol. The van der Waals surface area contributed by atoms with Crippen molar-refractivity contribution in [2.45, 2.75) is 50.4 Å². The molecule has 0 N–H and O–H groups in total. The molecule has 2 nitrogen and oxygen atoms in total. The minimum absolute atomic E-state index is 0.00866. The van der Waals surface area contributed by atoms with Crippen molar-refractivity contribution in [1.29, 1.82) is 0 Å². The molecule has 0 aromatic heterocycles. The standard InChI is InChI=1S/C12H16O2/c1-2-4-7-12-8-6-10(5-3-1)9-13-11(12)14-12/h6,8-9,11H,1-5,7H2. The van der Waals surface area contributed by atoms with Gasteiger partial charge in [0, 0.05) is 0 Å². The van der Waals surface area contributed by atoms with Gasteiger partial charge in [0.2, 0.25) is 6.29 Å². The smallest absolute Gasteiger partial charge is 0.233 e. The summed E-state index contributed by atoms with van der Waals surface area (Å²) >= 11 is 0. The Morgan fingerprint density at radius 2 is 2.14 bits per heavy atom. The molecule has 2 bridgehead atoms. The molecule has 0 amide bonds. The first-order valence-corrected chi connectivity index (χ1v) is 5.61. The maximum atomic E-state index is 5.61. The first-order valence-electron chi connectivity index (χ1n) is 5.61. The predicted molar refractivity (Wildman–Crippen MR) is 53.6 cm³/mol. The van der Waals surface area contributed by atoms with Crippen LogP contribution in [-0.2, 0) is 9.47 Å². The highest BCUT2D eigenvalue weighted by atomic mass is 16.8. The predicted octanol–water partition coefficient (Wildman–Crippen LogP) is 2.91. The number of hydrogen-bond acceptors (Lipinski definition) is 2. The van der Waals surface area contributed by atoms with Crippen LogP contribution in [0, 0.1) is 0 Å². The van der Waals surface area contributed by atoms with Gasteiger partial charge in [-0.05, 0) is 37.3 Å². The zero-order valence-electron chi connectivity index (χ0n) is 8.37. The number of rotatable bonds is 0. The molecule has 0 radical (unpaired) electrons. The van der Waals surface area contributed by atoms with Crippen molar-refractivity contribution in [3.8, 4) is 0 Å². The van der Waals surface area contributed by atoms with Crippen molar-refractivity contribution in [2.24, 2.45) is 0 Å². The molecule has 1 aliphatic carbocycles. The van der Waals surface area contributed by atoms with E-state index in [4.69, 9.17) is 9.47 Å². The molecule has 2 aliphatic heterocycles. The molecule has 2 heterocycles. The summed E-state index contributed by atoms with van der Waals surface area (Å²) in [6, 6.07) is 0. The van der Waals surface area contributed by atoms with Gasteiger partial charge in [0.05, 0.1) is 6.26 Å². The number of hydrogen-bond donors (Lipinski definition) is 0. The molecule has 14 heavy (non-hydrogen) atoms. The highest BCUT2D eigenvalue weighted by Gasteiger charge is 2.56. The number of ether oxygens (including phenoxy) is 2. The minimum atomic E-state index is -0.0599. The maximum Gasteiger partial charge on any atom is 0.233 e. The van der Waals surface area contributed by atoms with E-state index in [1.165, 1.54) is 31.3 Å². The summed E-state index contributed by atoms with van der Waals surface area (Å²) in [6.07, 6.45) is 13.8. The van der Waals surface area contributed by atoms with E-state index in [1.54, 1.807) is 0 Å². The van der Waals surface area contributed by atoms with E-state index in [9.17, 15) is 0 Å². The topological polar surface area (TPSA) is 21.8 Å². The zero-order valence-corrected chi connectivity index (χ0v) is 8.37. The molecule has 3 rings (SSSR count). The second kappa shape index (κ2) is 3.13. The fourth-order valence-corrected chi connectivity index (χ4v) is 2.35. The summed E-state index contributed by atoms with van der Waals surface area (Å²) in [5, 5.41) is 0. The Labute approximate surface area is 84.6 Å². The van der Waals surface area contributed by atoms with Crippen molar-refractivity contribution in [3.63, 3.8) is 0 Å². The van der Waals surface area contributed by atoms with Crippen LogP contribution < -0.4 is 0 Å². The van der Waals surface area contributed by atoms with Crippen LogP contribution in [0.15, 0.2) is 24.0 Å². The van der Waals surface area contributed by atoms with Gasteiger partial charge in [-0.1, -0.05) is 18.9 Å². The third-order valence-corrected chi connectivity index (χ3v) is 3.37. The Kier molecular flexibility index (Phi) is 1.91. The Morgan fingerprint density at radius 3 is 3.14 bits per heavy atom. The van der Waals surface area contributed by atoms with Crippen LogP contribution in [0.1, 0.15) is 38.5 Å². The summed E-state index contributed by atoms with van der Waals surface area (Å²) in [7, 11) is 0. The molecule has 1 saturated heterocycles. The van der Waals surface area contributed by atoms with E-state index in [0.717, 1.165) is 12.8 Å². The molecule has 2 unspecified atom stereocenters. The third kappa shape index (κ3) is 1.38. The summed E-state index contributed by atoms with van der Waals surface area (Å²) in [5.41, 5.74) is 1.26. The van der Waals surface area contributed by atoms with Crippen molar-refractivity contribution in [3.05, 3.63) is 24.0 Å². The average Bonchev–Trinajstić information content (AvgIpc) is 2.88. The molecule has 1 spiro atoms. The van der Waals surface area contributed by atoms with Crippen molar-refractivity contribution in [2.75, 3.05) is 0 Å². The molecule has 0 saturated carbocycles. The Bertz CT molecular complexity index is 293. The molecular formula is C12H16O2. The van der Waals surface area contributed by atoms with E-state index in [0.29, 0.717) is 0 Å². The van der Waals surface area contributed by atoms with Crippen LogP contribution >= 0.6 is 0 Å². The van der Waals surface area contributed by atoms with Crippen LogP contribution in [0.4, 0.5) is 0 Å². The Hall–Kier alpha value is -0.760. The molecule has 0 aromatic rings. The Morgan fingerprint density at radius 1 is 1.21 bits per heavy atom. The lowest BCUT2D eigenvalue weighted by molar-refractivity contribution is 0.129. The molecule has 3 aliphatic rings. The summed E-state index contributed by atoms with van der Waals surface area (Å²) in [6.45, 7) is 0. The SMILES string of the molecule is C1=CC23CCCCCCC1=COC2O3. The summed E-state index contributed by atoms with van der Waals surface area (Å²) < 4.78 is 11.2.